The molecular formula is C16H16BrN. The molecule has 2 rings (SSSR count). The van der Waals surface area contributed by atoms with Gasteiger partial charge in [-0.05, 0) is 36.8 Å². The number of benzene rings is 2. The Morgan fingerprint density at radius 3 is 2.33 bits per heavy atom. The fourth-order valence-electron chi connectivity index (χ4n) is 1.62. The van der Waals surface area contributed by atoms with Gasteiger partial charge in [0, 0.05) is 16.7 Å². The molecule has 0 amide bonds. The van der Waals surface area contributed by atoms with Crippen LogP contribution in [0.2, 0.25) is 0 Å². The van der Waals surface area contributed by atoms with Gasteiger partial charge in [0.25, 0.3) is 0 Å². The minimum absolute atomic E-state index is 0.829. The number of halogens is 1. The summed E-state index contributed by atoms with van der Waals surface area (Å²) < 4.78 is 1.10. The first-order valence-corrected chi connectivity index (χ1v) is 6.76. The predicted molar refractivity (Wildman–Crippen MR) is 82.8 cm³/mol. The third kappa shape index (κ3) is 4.04. The molecule has 0 bridgehead atoms. The predicted octanol–water partition coefficient (Wildman–Crippen LogP) is 4.88. The van der Waals surface area contributed by atoms with Crippen LogP contribution in [0.5, 0.6) is 0 Å². The molecule has 1 N–H and O–H groups in total. The topological polar surface area (TPSA) is 12.0 Å². The zero-order valence-corrected chi connectivity index (χ0v) is 11.9. The second-order valence-electron chi connectivity index (χ2n) is 4.20. The van der Waals surface area contributed by atoms with E-state index in [9.17, 15) is 0 Å². The van der Waals surface area contributed by atoms with Crippen LogP contribution in [0.1, 0.15) is 11.1 Å². The number of aryl methyl sites for hydroxylation is 1. The molecular weight excluding hydrogens is 286 g/mol. The average Bonchev–Trinajstić information content (AvgIpc) is 2.39. The summed E-state index contributed by atoms with van der Waals surface area (Å²) in [6.07, 6.45) is 4.26. The summed E-state index contributed by atoms with van der Waals surface area (Å²) in [4.78, 5) is 0. The van der Waals surface area contributed by atoms with Crippen LogP contribution in [-0.2, 0) is 0 Å². The molecule has 0 saturated heterocycles. The zero-order chi connectivity index (χ0) is 12.8. The Hall–Kier alpha value is -1.54. The van der Waals surface area contributed by atoms with Crippen molar-refractivity contribution in [2.24, 2.45) is 0 Å². The van der Waals surface area contributed by atoms with Gasteiger partial charge in [-0.25, -0.2) is 0 Å². The van der Waals surface area contributed by atoms with Gasteiger partial charge in [-0.15, -0.1) is 0 Å². The van der Waals surface area contributed by atoms with E-state index in [1.54, 1.807) is 0 Å². The standard InChI is InChI=1S/C16H16BrN/c1-13-4-6-14(7-5-13)3-2-12-18-16-10-8-15(17)9-11-16/h2-11,18H,12H2,1H3/b3-2+. The molecule has 0 aliphatic heterocycles. The van der Waals surface area contributed by atoms with Crippen molar-refractivity contribution < 1.29 is 0 Å². The highest BCUT2D eigenvalue weighted by Gasteiger charge is 1.90. The molecule has 18 heavy (non-hydrogen) atoms. The normalized spacial score (nSPS) is 10.8. The Bertz CT molecular complexity index is 512. The fourth-order valence-corrected chi connectivity index (χ4v) is 1.88. The summed E-state index contributed by atoms with van der Waals surface area (Å²) in [5, 5.41) is 3.35. The monoisotopic (exact) mass is 301 g/mol. The number of nitrogens with one attached hydrogen (secondary N) is 1. The van der Waals surface area contributed by atoms with Gasteiger partial charge in [0.2, 0.25) is 0 Å². The average molecular weight is 302 g/mol. The third-order valence-corrected chi connectivity index (χ3v) is 3.18. The Balaban J connectivity index is 1.84. The number of rotatable bonds is 4. The van der Waals surface area contributed by atoms with Gasteiger partial charge in [-0.1, -0.05) is 57.9 Å². The molecule has 0 fully saturated rings. The first-order valence-electron chi connectivity index (χ1n) is 5.97. The minimum Gasteiger partial charge on any atom is -0.382 e. The van der Waals surface area contributed by atoms with Crippen LogP contribution in [0.4, 0.5) is 5.69 Å². The lowest BCUT2D eigenvalue weighted by Gasteiger charge is -2.02. The van der Waals surface area contributed by atoms with Gasteiger partial charge in [-0.3, -0.25) is 0 Å². The highest BCUT2D eigenvalue weighted by Crippen LogP contribution is 2.13. The van der Waals surface area contributed by atoms with E-state index < -0.39 is 0 Å². The van der Waals surface area contributed by atoms with Crippen LogP contribution in [0.15, 0.2) is 59.1 Å². The van der Waals surface area contributed by atoms with E-state index in [2.05, 4.69) is 76.7 Å². The lowest BCUT2D eigenvalue weighted by molar-refractivity contribution is 1.34. The smallest absolute Gasteiger partial charge is 0.0343 e. The van der Waals surface area contributed by atoms with E-state index in [4.69, 9.17) is 0 Å². The molecule has 2 aromatic rings. The van der Waals surface area contributed by atoms with Crippen molar-refractivity contribution in [3.05, 3.63) is 70.2 Å². The largest absolute Gasteiger partial charge is 0.382 e. The van der Waals surface area contributed by atoms with Crippen LogP contribution in [0, 0.1) is 6.92 Å². The molecule has 0 saturated carbocycles. The number of hydrogen-bond acceptors (Lipinski definition) is 1. The second kappa shape index (κ2) is 6.41. The SMILES string of the molecule is Cc1ccc(/C=C/CNc2ccc(Br)cc2)cc1. The first kappa shape index (κ1) is 12.9. The van der Waals surface area contributed by atoms with Gasteiger partial charge in [0.05, 0.1) is 0 Å². The highest BCUT2D eigenvalue weighted by molar-refractivity contribution is 9.10. The molecule has 0 atom stereocenters. The molecule has 0 spiro atoms. The van der Waals surface area contributed by atoms with Crippen LogP contribution in [0.3, 0.4) is 0 Å². The van der Waals surface area contributed by atoms with E-state index in [1.165, 1.54) is 11.1 Å². The Morgan fingerprint density at radius 1 is 1.00 bits per heavy atom. The summed E-state index contributed by atoms with van der Waals surface area (Å²) in [5.74, 6) is 0. The van der Waals surface area contributed by atoms with Crippen molar-refractivity contribution in [1.29, 1.82) is 0 Å². The van der Waals surface area contributed by atoms with Crippen molar-refractivity contribution in [2.45, 2.75) is 6.92 Å². The van der Waals surface area contributed by atoms with E-state index >= 15 is 0 Å². The maximum Gasteiger partial charge on any atom is 0.0343 e. The Kier molecular flexibility index (Phi) is 4.59. The van der Waals surface area contributed by atoms with Crippen molar-refractivity contribution in [2.75, 3.05) is 11.9 Å². The van der Waals surface area contributed by atoms with Crippen LogP contribution in [0.25, 0.3) is 6.08 Å². The molecule has 2 aromatic carbocycles. The maximum atomic E-state index is 3.42. The number of anilines is 1. The van der Waals surface area contributed by atoms with Crippen molar-refractivity contribution in [3.8, 4) is 0 Å². The van der Waals surface area contributed by atoms with Crippen LogP contribution in [-0.4, -0.2) is 6.54 Å². The highest BCUT2D eigenvalue weighted by atomic mass is 79.9. The quantitative estimate of drug-likeness (QED) is 0.848. The molecule has 2 heteroatoms. The summed E-state index contributed by atoms with van der Waals surface area (Å²) in [6, 6.07) is 16.7. The summed E-state index contributed by atoms with van der Waals surface area (Å²) >= 11 is 3.42. The summed E-state index contributed by atoms with van der Waals surface area (Å²) in [5.41, 5.74) is 3.66. The van der Waals surface area contributed by atoms with E-state index in [-0.39, 0.29) is 0 Å². The Morgan fingerprint density at radius 2 is 1.67 bits per heavy atom. The minimum atomic E-state index is 0.829. The van der Waals surface area contributed by atoms with Crippen LogP contribution >= 0.6 is 15.9 Å². The lowest BCUT2D eigenvalue weighted by atomic mass is 10.1. The molecule has 0 aliphatic carbocycles. The molecule has 0 aromatic heterocycles. The van der Waals surface area contributed by atoms with Crippen molar-refractivity contribution in [1.82, 2.24) is 0 Å². The molecule has 0 unspecified atom stereocenters. The fraction of sp³-hybridized carbons (Fsp3) is 0.125. The zero-order valence-electron chi connectivity index (χ0n) is 10.4. The molecule has 92 valence electrons. The first-order chi connectivity index (χ1) is 8.74. The van der Waals surface area contributed by atoms with E-state index in [1.807, 2.05) is 12.1 Å². The second-order valence-corrected chi connectivity index (χ2v) is 5.12. The molecule has 0 heterocycles. The van der Waals surface area contributed by atoms with Crippen molar-refractivity contribution in [3.63, 3.8) is 0 Å². The summed E-state index contributed by atoms with van der Waals surface area (Å²) in [6.45, 7) is 2.93. The van der Waals surface area contributed by atoms with Crippen molar-refractivity contribution >= 4 is 27.7 Å². The maximum absolute atomic E-state index is 3.42. The van der Waals surface area contributed by atoms with Gasteiger partial charge >= 0.3 is 0 Å². The molecule has 1 nitrogen and oxygen atoms in total. The van der Waals surface area contributed by atoms with Gasteiger partial charge < -0.3 is 5.32 Å². The lowest BCUT2D eigenvalue weighted by Crippen LogP contribution is -1.97. The molecule has 0 aliphatic rings. The van der Waals surface area contributed by atoms with Gasteiger partial charge in [0.15, 0.2) is 0 Å². The van der Waals surface area contributed by atoms with E-state index in [0.717, 1.165) is 16.7 Å². The third-order valence-electron chi connectivity index (χ3n) is 2.66. The number of hydrogen-bond donors (Lipinski definition) is 1. The molecule has 0 radical (unpaired) electrons. The van der Waals surface area contributed by atoms with Gasteiger partial charge in [0.1, 0.15) is 0 Å². The van der Waals surface area contributed by atoms with E-state index in [0.29, 0.717) is 0 Å². The van der Waals surface area contributed by atoms with Gasteiger partial charge in [-0.2, -0.15) is 0 Å². The van der Waals surface area contributed by atoms with Crippen LogP contribution < -0.4 is 5.32 Å². The summed E-state index contributed by atoms with van der Waals surface area (Å²) in [7, 11) is 0. The Labute approximate surface area is 117 Å².